The minimum atomic E-state index is -0.110. The standard InChI is InChI=1S/C21H18N4O/c1-13-10-15-4-2-3-5-16(15)21(13)23-20(26)9-7-14-6-8-17-18(11-14)24-25-19(17)12-22/h2-9,11,13,21H,10H2,1H3,(H,23,26)(H,24,25)/b9-7+. The topological polar surface area (TPSA) is 81.6 Å². The van der Waals surface area contributed by atoms with E-state index in [0.29, 0.717) is 11.6 Å². The van der Waals surface area contributed by atoms with Crippen LogP contribution in [0.4, 0.5) is 0 Å². The monoisotopic (exact) mass is 342 g/mol. The summed E-state index contributed by atoms with van der Waals surface area (Å²) in [6.45, 7) is 2.16. The minimum absolute atomic E-state index is 0.0524. The number of hydrogen-bond acceptors (Lipinski definition) is 3. The Morgan fingerprint density at radius 2 is 2.19 bits per heavy atom. The van der Waals surface area contributed by atoms with Crippen molar-refractivity contribution in [3.05, 3.63) is 70.9 Å². The molecule has 26 heavy (non-hydrogen) atoms. The van der Waals surface area contributed by atoms with Crippen molar-refractivity contribution in [1.82, 2.24) is 15.5 Å². The lowest BCUT2D eigenvalue weighted by Crippen LogP contribution is -2.28. The fourth-order valence-corrected chi connectivity index (χ4v) is 3.61. The van der Waals surface area contributed by atoms with Crippen LogP contribution < -0.4 is 5.32 Å². The Hall–Kier alpha value is -3.39. The van der Waals surface area contributed by atoms with Gasteiger partial charge in [-0.1, -0.05) is 37.3 Å². The van der Waals surface area contributed by atoms with E-state index in [0.717, 1.165) is 22.9 Å². The number of aromatic nitrogens is 2. The zero-order chi connectivity index (χ0) is 18.1. The lowest BCUT2D eigenvalue weighted by atomic mass is 10.0. The van der Waals surface area contributed by atoms with Crippen molar-refractivity contribution in [3.8, 4) is 6.07 Å². The fourth-order valence-electron chi connectivity index (χ4n) is 3.61. The molecular weight excluding hydrogens is 324 g/mol. The van der Waals surface area contributed by atoms with Crippen LogP contribution in [-0.2, 0) is 11.2 Å². The van der Waals surface area contributed by atoms with Crippen LogP contribution in [0.25, 0.3) is 17.0 Å². The highest BCUT2D eigenvalue weighted by atomic mass is 16.1. The third-order valence-corrected chi connectivity index (χ3v) is 4.92. The molecule has 3 aromatic rings. The van der Waals surface area contributed by atoms with E-state index in [1.165, 1.54) is 11.1 Å². The number of rotatable bonds is 3. The van der Waals surface area contributed by atoms with Gasteiger partial charge in [0.2, 0.25) is 5.91 Å². The molecule has 0 aliphatic heterocycles. The lowest BCUT2D eigenvalue weighted by Gasteiger charge is -2.17. The number of nitriles is 1. The second kappa shape index (κ2) is 6.49. The summed E-state index contributed by atoms with van der Waals surface area (Å²) in [6.07, 6.45) is 4.31. The van der Waals surface area contributed by atoms with E-state index in [-0.39, 0.29) is 11.9 Å². The van der Waals surface area contributed by atoms with Gasteiger partial charge in [-0.2, -0.15) is 10.4 Å². The van der Waals surface area contributed by atoms with Crippen LogP contribution in [0.3, 0.4) is 0 Å². The summed E-state index contributed by atoms with van der Waals surface area (Å²) in [6, 6.07) is 16.0. The van der Waals surface area contributed by atoms with Crippen LogP contribution >= 0.6 is 0 Å². The predicted octanol–water partition coefficient (Wildman–Crippen LogP) is 3.50. The van der Waals surface area contributed by atoms with Crippen molar-refractivity contribution in [2.45, 2.75) is 19.4 Å². The van der Waals surface area contributed by atoms with Crippen LogP contribution in [-0.4, -0.2) is 16.1 Å². The highest BCUT2D eigenvalue weighted by molar-refractivity contribution is 5.93. The zero-order valence-electron chi connectivity index (χ0n) is 14.4. The van der Waals surface area contributed by atoms with Gasteiger partial charge in [-0.25, -0.2) is 0 Å². The summed E-state index contributed by atoms with van der Waals surface area (Å²) in [4.78, 5) is 12.4. The second-order valence-corrected chi connectivity index (χ2v) is 6.69. The molecule has 2 atom stereocenters. The number of nitrogens with zero attached hydrogens (tertiary/aromatic N) is 2. The molecular formula is C21H18N4O. The molecule has 5 heteroatoms. The number of nitrogens with one attached hydrogen (secondary N) is 2. The molecule has 2 N–H and O–H groups in total. The van der Waals surface area contributed by atoms with E-state index < -0.39 is 0 Å². The fraction of sp³-hybridized carbons (Fsp3) is 0.190. The van der Waals surface area contributed by atoms with Crippen molar-refractivity contribution in [2.24, 2.45) is 5.92 Å². The Bertz CT molecular complexity index is 1060. The van der Waals surface area contributed by atoms with Gasteiger partial charge < -0.3 is 5.32 Å². The third-order valence-electron chi connectivity index (χ3n) is 4.92. The predicted molar refractivity (Wildman–Crippen MR) is 100 cm³/mol. The van der Waals surface area contributed by atoms with Gasteiger partial charge in [0.25, 0.3) is 0 Å². The molecule has 1 aromatic heterocycles. The summed E-state index contributed by atoms with van der Waals surface area (Å²) < 4.78 is 0. The Morgan fingerprint density at radius 3 is 3.04 bits per heavy atom. The average Bonchev–Trinajstić information content (AvgIpc) is 3.20. The Morgan fingerprint density at radius 1 is 1.35 bits per heavy atom. The van der Waals surface area contributed by atoms with Crippen molar-refractivity contribution in [3.63, 3.8) is 0 Å². The number of benzene rings is 2. The lowest BCUT2D eigenvalue weighted by molar-refractivity contribution is -0.117. The smallest absolute Gasteiger partial charge is 0.244 e. The number of H-pyrrole nitrogens is 1. The summed E-state index contributed by atoms with van der Waals surface area (Å²) in [7, 11) is 0. The first kappa shape index (κ1) is 16.1. The molecule has 128 valence electrons. The molecule has 0 bridgehead atoms. The number of carbonyl (C=O) groups is 1. The van der Waals surface area contributed by atoms with Gasteiger partial charge >= 0.3 is 0 Å². The van der Waals surface area contributed by atoms with Gasteiger partial charge in [0.1, 0.15) is 6.07 Å². The molecule has 1 heterocycles. The molecule has 1 aliphatic carbocycles. The summed E-state index contributed by atoms with van der Waals surface area (Å²) in [5.74, 6) is 0.275. The maximum atomic E-state index is 12.4. The van der Waals surface area contributed by atoms with E-state index in [2.05, 4.69) is 34.6 Å². The number of aromatic amines is 1. The largest absolute Gasteiger partial charge is 0.345 e. The SMILES string of the molecule is CC1Cc2ccccc2C1NC(=O)/C=C/c1ccc2c(C#N)n[nH]c2c1. The number of fused-ring (bicyclic) bond motifs is 2. The molecule has 2 aromatic carbocycles. The van der Waals surface area contributed by atoms with Gasteiger partial charge in [0.05, 0.1) is 11.6 Å². The van der Waals surface area contributed by atoms with E-state index in [1.807, 2.05) is 36.4 Å². The summed E-state index contributed by atoms with van der Waals surface area (Å²) in [5, 5.41) is 19.7. The number of carbonyl (C=O) groups excluding carboxylic acids is 1. The Labute approximate surface area is 151 Å². The Balaban J connectivity index is 1.49. The number of hydrogen-bond donors (Lipinski definition) is 2. The van der Waals surface area contributed by atoms with Gasteiger partial charge in [-0.05, 0) is 47.2 Å². The van der Waals surface area contributed by atoms with E-state index >= 15 is 0 Å². The average molecular weight is 342 g/mol. The van der Waals surface area contributed by atoms with Crippen molar-refractivity contribution < 1.29 is 4.79 Å². The van der Waals surface area contributed by atoms with Gasteiger partial charge in [0.15, 0.2) is 5.69 Å². The maximum absolute atomic E-state index is 12.4. The molecule has 0 spiro atoms. The molecule has 4 rings (SSSR count). The molecule has 1 aliphatic rings. The van der Waals surface area contributed by atoms with E-state index in [1.54, 1.807) is 12.2 Å². The van der Waals surface area contributed by atoms with Crippen LogP contribution in [0.5, 0.6) is 0 Å². The molecule has 0 fully saturated rings. The van der Waals surface area contributed by atoms with Gasteiger partial charge in [-0.15, -0.1) is 0 Å². The van der Waals surface area contributed by atoms with E-state index in [4.69, 9.17) is 5.26 Å². The summed E-state index contributed by atoms with van der Waals surface area (Å²) >= 11 is 0. The zero-order valence-corrected chi connectivity index (χ0v) is 14.4. The molecule has 0 radical (unpaired) electrons. The third kappa shape index (κ3) is 2.86. The molecule has 0 saturated carbocycles. The first-order valence-corrected chi connectivity index (χ1v) is 8.60. The first-order valence-electron chi connectivity index (χ1n) is 8.60. The minimum Gasteiger partial charge on any atom is -0.345 e. The van der Waals surface area contributed by atoms with Crippen LogP contribution in [0.15, 0.2) is 48.5 Å². The van der Waals surface area contributed by atoms with Gasteiger partial charge in [-0.3, -0.25) is 9.89 Å². The van der Waals surface area contributed by atoms with Crippen LogP contribution in [0.2, 0.25) is 0 Å². The molecule has 1 amide bonds. The molecule has 2 unspecified atom stereocenters. The molecule has 0 saturated heterocycles. The van der Waals surface area contributed by atoms with Crippen molar-refractivity contribution in [2.75, 3.05) is 0 Å². The highest BCUT2D eigenvalue weighted by Crippen LogP contribution is 2.35. The normalized spacial score (nSPS) is 18.8. The maximum Gasteiger partial charge on any atom is 0.244 e. The second-order valence-electron chi connectivity index (χ2n) is 6.69. The highest BCUT2D eigenvalue weighted by Gasteiger charge is 2.29. The first-order chi connectivity index (χ1) is 12.7. The van der Waals surface area contributed by atoms with Gasteiger partial charge in [0, 0.05) is 11.5 Å². The molecule has 5 nitrogen and oxygen atoms in total. The summed E-state index contributed by atoms with van der Waals surface area (Å²) in [5.41, 5.74) is 4.56. The van der Waals surface area contributed by atoms with Crippen LogP contribution in [0.1, 0.15) is 35.3 Å². The Kier molecular flexibility index (Phi) is 4.02. The van der Waals surface area contributed by atoms with Crippen molar-refractivity contribution in [1.29, 1.82) is 5.26 Å². The quantitative estimate of drug-likeness (QED) is 0.715. The van der Waals surface area contributed by atoms with Crippen LogP contribution in [0, 0.1) is 17.2 Å². The van der Waals surface area contributed by atoms with Crippen molar-refractivity contribution >= 4 is 22.9 Å². The number of amides is 1. The van der Waals surface area contributed by atoms with E-state index in [9.17, 15) is 4.79 Å².